The Kier molecular flexibility index (Phi) is 7.94. The van der Waals surface area contributed by atoms with Crippen molar-refractivity contribution >= 4 is 24.5 Å². The summed E-state index contributed by atoms with van der Waals surface area (Å²) in [5.41, 5.74) is 3.11. The van der Waals surface area contributed by atoms with Crippen molar-refractivity contribution in [1.29, 1.82) is 0 Å². The van der Waals surface area contributed by atoms with Crippen LogP contribution in [0.2, 0.25) is 0 Å². The number of benzene rings is 1. The number of carbonyl (C=O) groups excluding carboxylic acids is 1. The van der Waals surface area contributed by atoms with Crippen LogP contribution in [0.5, 0.6) is 5.75 Å². The summed E-state index contributed by atoms with van der Waals surface area (Å²) in [7, 11) is 3.78. The van der Waals surface area contributed by atoms with E-state index in [-0.39, 0.29) is 23.7 Å². The van der Waals surface area contributed by atoms with Gasteiger partial charge in [-0.15, -0.1) is 13.2 Å². The molecule has 1 fully saturated rings. The van der Waals surface area contributed by atoms with Crippen molar-refractivity contribution in [2.45, 2.75) is 63.0 Å². The average Bonchev–Trinajstić information content (AvgIpc) is 3.34. The smallest absolute Gasteiger partial charge is 0.406 e. The summed E-state index contributed by atoms with van der Waals surface area (Å²) in [6.07, 6.45) is -0.0620. The quantitative estimate of drug-likeness (QED) is 0.418. The van der Waals surface area contributed by atoms with Crippen LogP contribution in [0.4, 0.5) is 19.1 Å². The first-order valence-corrected chi connectivity index (χ1v) is 14.0. The minimum atomic E-state index is -4.82. The normalized spacial score (nSPS) is 25.1. The lowest BCUT2D eigenvalue weighted by atomic mass is 9.73. The van der Waals surface area contributed by atoms with Gasteiger partial charge in [0.15, 0.2) is 0 Å². The molecule has 1 unspecified atom stereocenters. The molecule has 0 spiro atoms. The minimum Gasteiger partial charge on any atom is -0.406 e. The second-order valence-corrected chi connectivity index (χ2v) is 11.7. The summed E-state index contributed by atoms with van der Waals surface area (Å²) in [5, 5.41) is 7.55. The molecule has 9 nitrogen and oxygen atoms in total. The number of halogens is 3. The van der Waals surface area contributed by atoms with E-state index >= 15 is 0 Å². The highest BCUT2D eigenvalue weighted by Gasteiger charge is 2.52. The fraction of sp³-hybridized carbons (Fsp3) is 0.500. The minimum absolute atomic E-state index is 0.0955. The number of alkyl halides is 3. The van der Waals surface area contributed by atoms with Crippen LogP contribution < -0.4 is 10.1 Å². The number of likely N-dealkylation sites (tertiary alicyclic amines) is 1. The van der Waals surface area contributed by atoms with Crippen LogP contribution in [0.1, 0.15) is 42.8 Å². The molecule has 1 N–H and O–H groups in total. The summed E-state index contributed by atoms with van der Waals surface area (Å²) in [6.45, 7) is 5.36. The zero-order valence-corrected chi connectivity index (χ0v) is 24.3. The van der Waals surface area contributed by atoms with Crippen LogP contribution in [-0.2, 0) is 36.1 Å². The molecule has 1 amide bonds. The van der Waals surface area contributed by atoms with Gasteiger partial charge in [-0.3, -0.25) is 9.48 Å². The fourth-order valence-corrected chi connectivity index (χ4v) is 6.45. The van der Waals surface area contributed by atoms with Crippen LogP contribution >= 0.6 is 12.6 Å². The molecule has 4 heterocycles. The van der Waals surface area contributed by atoms with E-state index < -0.39 is 17.0 Å². The first-order valence-electron chi connectivity index (χ1n) is 13.5. The van der Waals surface area contributed by atoms with Gasteiger partial charge in [0.1, 0.15) is 5.75 Å². The molecule has 13 heteroatoms. The molecule has 1 aromatic carbocycles. The number of aromatic nitrogens is 4. The van der Waals surface area contributed by atoms with E-state index in [0.29, 0.717) is 44.0 Å². The molecular formula is C28H34F3N7O2S. The van der Waals surface area contributed by atoms with Gasteiger partial charge in [-0.1, -0.05) is 12.1 Å². The van der Waals surface area contributed by atoms with Gasteiger partial charge in [0.05, 0.1) is 35.1 Å². The third kappa shape index (κ3) is 6.01. The third-order valence-electron chi connectivity index (χ3n) is 8.23. The van der Waals surface area contributed by atoms with Crippen molar-refractivity contribution < 1.29 is 22.7 Å². The van der Waals surface area contributed by atoms with Crippen LogP contribution in [-0.4, -0.2) is 67.5 Å². The van der Waals surface area contributed by atoms with E-state index in [1.165, 1.54) is 18.2 Å². The zero-order valence-electron chi connectivity index (χ0n) is 23.4. The van der Waals surface area contributed by atoms with Crippen molar-refractivity contribution in [3.05, 3.63) is 65.2 Å². The van der Waals surface area contributed by atoms with Crippen molar-refractivity contribution in [1.82, 2.24) is 29.5 Å². The molecule has 0 radical (unpaired) electrons. The first-order chi connectivity index (χ1) is 19.3. The number of hydrogen-bond acceptors (Lipinski definition) is 8. The highest BCUT2D eigenvalue weighted by atomic mass is 32.1. The van der Waals surface area contributed by atoms with Gasteiger partial charge in [-0.25, -0.2) is 9.97 Å². The Hall–Kier alpha value is -3.32. The molecule has 2 aliphatic rings. The zero-order chi connectivity index (χ0) is 29.5. The summed E-state index contributed by atoms with van der Waals surface area (Å²) < 4.78 is 43.9. The molecule has 5 rings (SSSR count). The number of nitrogens with zero attached hydrogens (tertiary/aromatic N) is 6. The summed E-state index contributed by atoms with van der Waals surface area (Å²) in [5.74, 6) is -0.556. The average molecular weight is 590 g/mol. The number of likely N-dealkylation sites (N-methyl/N-ethyl adjacent to an activating group) is 1. The molecular weight excluding hydrogens is 555 g/mol. The van der Waals surface area contributed by atoms with E-state index in [0.717, 1.165) is 17.0 Å². The maximum atomic E-state index is 14.3. The van der Waals surface area contributed by atoms with E-state index in [1.54, 1.807) is 16.9 Å². The topological polar surface area (TPSA) is 88.4 Å². The Labute approximate surface area is 242 Å². The number of nitrogens with one attached hydrogen (secondary N) is 1. The number of anilines is 1. The van der Waals surface area contributed by atoms with Gasteiger partial charge in [0.25, 0.3) is 0 Å². The molecule has 4 atom stereocenters. The van der Waals surface area contributed by atoms with Gasteiger partial charge in [0, 0.05) is 31.5 Å². The monoisotopic (exact) mass is 589 g/mol. The molecule has 41 heavy (non-hydrogen) atoms. The fourth-order valence-electron chi connectivity index (χ4n) is 5.87. The van der Waals surface area contributed by atoms with Crippen LogP contribution in [0.25, 0.3) is 0 Å². The number of hydrogen-bond donors (Lipinski definition) is 2. The molecule has 0 aliphatic carbocycles. The number of fused-ring (bicyclic) bond motifs is 1. The predicted octanol–water partition coefficient (Wildman–Crippen LogP) is 4.16. The number of thiol groups is 1. The number of carbonyl (C=O) groups is 1. The van der Waals surface area contributed by atoms with Crippen LogP contribution in [0.3, 0.4) is 0 Å². The van der Waals surface area contributed by atoms with Gasteiger partial charge in [-0.05, 0) is 69.6 Å². The third-order valence-corrected chi connectivity index (χ3v) is 9.17. The SMILES string of the molecule is CC1N(C)CC[C@H](C(=O)N2Cc3nc(NCc4ccn(C)n4)ncc3C[C@H]2C)[C@@]1(S)c1cccc(OC(F)(F)F)c1. The highest BCUT2D eigenvalue weighted by molar-refractivity contribution is 7.81. The highest BCUT2D eigenvalue weighted by Crippen LogP contribution is 2.48. The lowest BCUT2D eigenvalue weighted by Crippen LogP contribution is -2.59. The van der Waals surface area contributed by atoms with Crippen LogP contribution in [0.15, 0.2) is 42.7 Å². The van der Waals surface area contributed by atoms with Crippen molar-refractivity contribution in [3.63, 3.8) is 0 Å². The molecule has 2 aliphatic heterocycles. The van der Waals surface area contributed by atoms with E-state index in [2.05, 4.69) is 25.0 Å². The summed E-state index contributed by atoms with van der Waals surface area (Å²) >= 11 is 5.10. The van der Waals surface area contributed by atoms with Gasteiger partial charge in [-0.2, -0.15) is 17.7 Å². The predicted molar refractivity (Wildman–Crippen MR) is 150 cm³/mol. The Morgan fingerprint density at radius 3 is 2.73 bits per heavy atom. The van der Waals surface area contributed by atoms with E-state index in [4.69, 9.17) is 17.6 Å². The molecule has 3 aromatic rings. The second kappa shape index (κ2) is 11.2. The van der Waals surface area contributed by atoms with Crippen molar-refractivity contribution in [2.75, 3.05) is 18.9 Å². The standard InChI is InChI=1S/C28H34F3N7O2S/c1-17-12-19-14-32-26(33-15-21-8-11-37(4)35-21)34-24(19)16-38(17)25(39)23-9-10-36(3)18(2)27(23,41)20-6-5-7-22(13-20)40-28(29,30)31/h5-8,11,13-14,17-18,23,41H,9-10,12,15-16H2,1-4H3,(H,32,33,34)/t17-,18?,23-,27+/m1/s1. The molecule has 1 saturated heterocycles. The Morgan fingerprint density at radius 2 is 2.02 bits per heavy atom. The largest absolute Gasteiger partial charge is 0.573 e. The Bertz CT molecular complexity index is 1420. The second-order valence-electron chi connectivity index (χ2n) is 10.9. The number of rotatable bonds is 6. The maximum absolute atomic E-state index is 14.3. The van der Waals surface area contributed by atoms with Crippen molar-refractivity contribution in [3.8, 4) is 5.75 Å². The number of amides is 1. The van der Waals surface area contributed by atoms with E-state index in [1.807, 2.05) is 45.1 Å². The maximum Gasteiger partial charge on any atom is 0.573 e. The van der Waals surface area contributed by atoms with Crippen LogP contribution in [0, 0.1) is 5.92 Å². The molecule has 0 bridgehead atoms. The number of piperidine rings is 1. The number of ether oxygens (including phenoxy) is 1. The first kappa shape index (κ1) is 29.2. The Balaban J connectivity index is 1.40. The lowest BCUT2D eigenvalue weighted by Gasteiger charge is -2.51. The van der Waals surface area contributed by atoms with Gasteiger partial charge < -0.3 is 19.9 Å². The van der Waals surface area contributed by atoms with Gasteiger partial charge >= 0.3 is 6.36 Å². The van der Waals surface area contributed by atoms with Gasteiger partial charge in [0.2, 0.25) is 11.9 Å². The van der Waals surface area contributed by atoms with E-state index in [9.17, 15) is 18.0 Å². The molecule has 2 aromatic heterocycles. The van der Waals surface area contributed by atoms with Crippen molar-refractivity contribution in [2.24, 2.45) is 13.0 Å². The summed E-state index contributed by atoms with van der Waals surface area (Å²) in [6, 6.07) is 7.37. The number of aryl methyl sites for hydroxylation is 1. The lowest BCUT2D eigenvalue weighted by molar-refractivity contribution is -0.274. The molecule has 0 saturated carbocycles. The summed E-state index contributed by atoms with van der Waals surface area (Å²) in [4.78, 5) is 27.4. The Morgan fingerprint density at radius 1 is 1.24 bits per heavy atom. The molecule has 220 valence electrons.